The van der Waals surface area contributed by atoms with Crippen LogP contribution in [0.25, 0.3) is 0 Å². The van der Waals surface area contributed by atoms with Gasteiger partial charge in [0.2, 0.25) is 0 Å². The van der Waals surface area contributed by atoms with Gasteiger partial charge in [0.05, 0.1) is 0 Å². The van der Waals surface area contributed by atoms with Gasteiger partial charge in [0.25, 0.3) is 0 Å². The molecule has 0 spiro atoms. The van der Waals surface area contributed by atoms with Crippen molar-refractivity contribution in [3.63, 3.8) is 0 Å². The zero-order valence-electron chi connectivity index (χ0n) is 13.1. The van der Waals surface area contributed by atoms with E-state index in [1.54, 1.807) is 0 Å². The van der Waals surface area contributed by atoms with E-state index in [0.717, 1.165) is 24.3 Å². The molecule has 1 heterocycles. The molecule has 118 valence electrons. The molecule has 1 aromatic rings. The Hall–Kier alpha value is -0.640. The van der Waals surface area contributed by atoms with Gasteiger partial charge in [-0.2, -0.15) is 0 Å². The van der Waals surface area contributed by atoms with E-state index in [4.69, 9.17) is 0 Å². The van der Waals surface area contributed by atoms with Crippen LogP contribution in [0.1, 0.15) is 18.4 Å². The zero-order valence-corrected chi connectivity index (χ0v) is 14.7. The van der Waals surface area contributed by atoms with Crippen LogP contribution in [0.15, 0.2) is 40.9 Å². The van der Waals surface area contributed by atoms with Crippen molar-refractivity contribution in [3.05, 3.63) is 46.5 Å². The third-order valence-electron chi connectivity index (χ3n) is 5.69. The highest BCUT2D eigenvalue weighted by Crippen LogP contribution is 2.43. The fraction of sp³-hybridized carbons (Fsp3) is 0.579. The maximum Gasteiger partial charge on any atom is 0.0234 e. The van der Waals surface area contributed by atoms with Gasteiger partial charge >= 0.3 is 0 Å². The van der Waals surface area contributed by atoms with Gasteiger partial charge in [0, 0.05) is 43.7 Å². The Morgan fingerprint density at radius 2 is 1.64 bits per heavy atom. The summed E-state index contributed by atoms with van der Waals surface area (Å²) in [7, 11) is 0. The Bertz CT molecular complexity index is 531. The van der Waals surface area contributed by atoms with E-state index in [2.05, 4.69) is 62.1 Å². The highest BCUT2D eigenvalue weighted by atomic mass is 79.9. The normalized spacial score (nSPS) is 32.0. The summed E-state index contributed by atoms with van der Waals surface area (Å²) in [4.78, 5) is 5.30. The van der Waals surface area contributed by atoms with Crippen molar-refractivity contribution in [2.75, 3.05) is 32.7 Å². The maximum atomic E-state index is 3.51. The number of piperazine rings is 1. The first kappa shape index (κ1) is 14.9. The molecule has 1 saturated heterocycles. The highest BCUT2D eigenvalue weighted by Gasteiger charge is 2.36. The quantitative estimate of drug-likeness (QED) is 0.753. The number of nitrogens with zero attached hydrogens (tertiary/aromatic N) is 2. The Morgan fingerprint density at radius 1 is 0.909 bits per heavy atom. The minimum Gasteiger partial charge on any atom is -0.300 e. The van der Waals surface area contributed by atoms with Crippen molar-refractivity contribution in [2.24, 2.45) is 17.8 Å². The van der Waals surface area contributed by atoms with Crippen LogP contribution in [-0.4, -0.2) is 42.5 Å². The highest BCUT2D eigenvalue weighted by molar-refractivity contribution is 9.10. The number of fused-ring (bicyclic) bond motifs is 2. The number of benzene rings is 1. The summed E-state index contributed by atoms with van der Waals surface area (Å²) in [5.41, 5.74) is 1.43. The monoisotopic (exact) mass is 360 g/mol. The Balaban J connectivity index is 1.24. The van der Waals surface area contributed by atoms with E-state index >= 15 is 0 Å². The second-order valence-corrected chi connectivity index (χ2v) is 8.16. The summed E-state index contributed by atoms with van der Waals surface area (Å²) in [6, 6.07) is 8.76. The molecule has 2 bridgehead atoms. The molecule has 0 N–H and O–H groups in total. The summed E-state index contributed by atoms with van der Waals surface area (Å²) in [6.45, 7) is 7.34. The molecule has 1 aromatic carbocycles. The van der Waals surface area contributed by atoms with E-state index in [9.17, 15) is 0 Å². The molecule has 3 heteroatoms. The first-order chi connectivity index (χ1) is 10.8. The number of rotatable bonds is 4. The van der Waals surface area contributed by atoms with Crippen LogP contribution < -0.4 is 0 Å². The van der Waals surface area contributed by atoms with Crippen LogP contribution in [0.3, 0.4) is 0 Å². The molecule has 0 radical (unpaired) electrons. The average molecular weight is 361 g/mol. The molecule has 2 fully saturated rings. The smallest absolute Gasteiger partial charge is 0.0234 e. The Kier molecular flexibility index (Phi) is 4.38. The van der Waals surface area contributed by atoms with Crippen LogP contribution in [0.4, 0.5) is 0 Å². The first-order valence-electron chi connectivity index (χ1n) is 8.64. The molecular formula is C19H25BrN2. The second-order valence-electron chi connectivity index (χ2n) is 7.24. The molecule has 0 aromatic heterocycles. The molecule has 2 nitrogen and oxygen atoms in total. The SMILES string of the molecule is Brc1ccc(CN2CCN(C[C@H]3C[C@H]4C=C[C@@H]3C4)CC2)cc1. The van der Waals surface area contributed by atoms with Gasteiger partial charge < -0.3 is 4.90 Å². The molecule has 0 unspecified atom stereocenters. The van der Waals surface area contributed by atoms with Gasteiger partial charge in [-0.25, -0.2) is 0 Å². The number of halogens is 1. The lowest BCUT2D eigenvalue weighted by Crippen LogP contribution is -2.47. The van der Waals surface area contributed by atoms with Crippen LogP contribution >= 0.6 is 15.9 Å². The second kappa shape index (κ2) is 6.46. The maximum absolute atomic E-state index is 3.51. The van der Waals surface area contributed by atoms with Crippen molar-refractivity contribution in [1.82, 2.24) is 9.80 Å². The van der Waals surface area contributed by atoms with Gasteiger partial charge in [-0.15, -0.1) is 0 Å². The van der Waals surface area contributed by atoms with Gasteiger partial charge in [-0.3, -0.25) is 4.90 Å². The molecule has 4 rings (SSSR count). The van der Waals surface area contributed by atoms with Crippen molar-refractivity contribution in [1.29, 1.82) is 0 Å². The van der Waals surface area contributed by atoms with E-state index in [1.165, 1.54) is 55.6 Å². The van der Waals surface area contributed by atoms with E-state index in [0.29, 0.717) is 0 Å². The van der Waals surface area contributed by atoms with Crippen LogP contribution in [-0.2, 0) is 6.54 Å². The minimum atomic E-state index is 0.894. The summed E-state index contributed by atoms with van der Waals surface area (Å²) in [5, 5.41) is 0. The first-order valence-corrected chi connectivity index (χ1v) is 9.43. The van der Waals surface area contributed by atoms with Gasteiger partial charge in [-0.1, -0.05) is 40.2 Å². The van der Waals surface area contributed by atoms with Crippen LogP contribution in [0, 0.1) is 17.8 Å². The lowest BCUT2D eigenvalue weighted by atomic mass is 9.93. The third kappa shape index (κ3) is 3.32. The molecule has 22 heavy (non-hydrogen) atoms. The number of hydrogen-bond acceptors (Lipinski definition) is 2. The van der Waals surface area contributed by atoms with E-state index in [-0.39, 0.29) is 0 Å². The standard InChI is InChI=1S/C19H25BrN2/c20-19-5-2-15(3-6-19)13-21-7-9-22(10-8-21)14-18-12-16-1-4-17(18)11-16/h1-6,16-18H,7-14H2/t16-,17+,18+/m0/s1. The largest absolute Gasteiger partial charge is 0.300 e. The summed E-state index contributed by atoms with van der Waals surface area (Å²) in [6.07, 6.45) is 7.83. The number of hydrogen-bond donors (Lipinski definition) is 0. The van der Waals surface area contributed by atoms with Crippen molar-refractivity contribution in [2.45, 2.75) is 19.4 Å². The van der Waals surface area contributed by atoms with Crippen LogP contribution in [0.5, 0.6) is 0 Å². The average Bonchev–Trinajstić information content (AvgIpc) is 3.14. The van der Waals surface area contributed by atoms with Gasteiger partial charge in [0.1, 0.15) is 0 Å². The van der Waals surface area contributed by atoms with Crippen molar-refractivity contribution >= 4 is 15.9 Å². The van der Waals surface area contributed by atoms with Gasteiger partial charge in [-0.05, 0) is 48.3 Å². The minimum absolute atomic E-state index is 0.894. The molecule has 2 aliphatic carbocycles. The van der Waals surface area contributed by atoms with Crippen molar-refractivity contribution in [3.8, 4) is 0 Å². The van der Waals surface area contributed by atoms with Crippen LogP contribution in [0.2, 0.25) is 0 Å². The van der Waals surface area contributed by atoms with E-state index < -0.39 is 0 Å². The Morgan fingerprint density at radius 3 is 2.27 bits per heavy atom. The molecule has 0 amide bonds. The fourth-order valence-electron chi connectivity index (χ4n) is 4.41. The summed E-state index contributed by atoms with van der Waals surface area (Å²) in [5.74, 6) is 2.74. The Labute approximate surface area is 142 Å². The lowest BCUT2D eigenvalue weighted by Gasteiger charge is -2.37. The molecular weight excluding hydrogens is 336 g/mol. The fourth-order valence-corrected chi connectivity index (χ4v) is 4.68. The lowest BCUT2D eigenvalue weighted by molar-refractivity contribution is 0.108. The summed E-state index contributed by atoms with van der Waals surface area (Å²) < 4.78 is 1.17. The zero-order chi connectivity index (χ0) is 14.9. The van der Waals surface area contributed by atoms with E-state index in [1.807, 2.05) is 0 Å². The van der Waals surface area contributed by atoms with Gasteiger partial charge in [0.15, 0.2) is 0 Å². The van der Waals surface area contributed by atoms with Crippen molar-refractivity contribution < 1.29 is 0 Å². The topological polar surface area (TPSA) is 6.48 Å². The molecule has 1 saturated carbocycles. The number of allylic oxidation sites excluding steroid dienone is 2. The summed E-state index contributed by atoms with van der Waals surface area (Å²) >= 11 is 3.51. The predicted molar refractivity (Wildman–Crippen MR) is 94.7 cm³/mol. The molecule has 3 aliphatic rings. The molecule has 1 aliphatic heterocycles. The molecule has 3 atom stereocenters. The predicted octanol–water partition coefficient (Wildman–Crippen LogP) is 3.78. The third-order valence-corrected chi connectivity index (χ3v) is 6.22.